The van der Waals surface area contributed by atoms with Crippen molar-refractivity contribution in [2.24, 2.45) is 0 Å². The number of nitrogens with zero attached hydrogens (tertiary/aromatic N) is 6. The molecular formula is C16H26N8O. The number of hydrogen-bond acceptors (Lipinski definition) is 9. The van der Waals surface area contributed by atoms with Gasteiger partial charge in [-0.2, -0.15) is 15.0 Å². The lowest BCUT2D eigenvalue weighted by Gasteiger charge is -2.30. The zero-order chi connectivity index (χ0) is 18.2. The molecule has 0 atom stereocenters. The molecule has 9 nitrogen and oxygen atoms in total. The van der Waals surface area contributed by atoms with Gasteiger partial charge in [0.2, 0.25) is 17.8 Å². The van der Waals surface area contributed by atoms with Gasteiger partial charge >= 0.3 is 6.01 Å². The average molecular weight is 346 g/mol. The molecule has 0 saturated carbocycles. The van der Waals surface area contributed by atoms with E-state index in [-0.39, 0.29) is 6.01 Å². The maximum absolute atomic E-state index is 5.14. The third-order valence-corrected chi connectivity index (χ3v) is 3.57. The van der Waals surface area contributed by atoms with Crippen LogP contribution in [0.15, 0.2) is 18.5 Å². The molecule has 0 spiro atoms. The summed E-state index contributed by atoms with van der Waals surface area (Å²) in [6.45, 7) is 10.3. The first kappa shape index (κ1) is 18.8. The van der Waals surface area contributed by atoms with E-state index in [0.29, 0.717) is 36.5 Å². The highest BCUT2D eigenvalue weighted by Crippen LogP contribution is 2.13. The molecule has 0 bridgehead atoms. The monoisotopic (exact) mass is 346 g/mol. The molecule has 136 valence electrons. The van der Waals surface area contributed by atoms with Crippen molar-refractivity contribution in [3.63, 3.8) is 0 Å². The lowest BCUT2D eigenvalue weighted by Crippen LogP contribution is -2.40. The third kappa shape index (κ3) is 5.79. The van der Waals surface area contributed by atoms with E-state index >= 15 is 0 Å². The SMILES string of the molecule is COc1nc(NCCN(C(C)C)C(C)C)nc(Nc2ncccn2)n1. The summed E-state index contributed by atoms with van der Waals surface area (Å²) in [6, 6.07) is 2.91. The molecule has 2 aromatic heterocycles. The van der Waals surface area contributed by atoms with Crippen LogP contribution in [0, 0.1) is 0 Å². The number of rotatable bonds is 9. The van der Waals surface area contributed by atoms with Gasteiger partial charge < -0.3 is 10.1 Å². The van der Waals surface area contributed by atoms with Crippen LogP contribution in [0.25, 0.3) is 0 Å². The number of nitrogens with one attached hydrogen (secondary N) is 2. The Morgan fingerprint density at radius 3 is 2.20 bits per heavy atom. The van der Waals surface area contributed by atoms with Gasteiger partial charge in [-0.15, -0.1) is 0 Å². The minimum atomic E-state index is 0.223. The fourth-order valence-electron chi connectivity index (χ4n) is 2.46. The molecule has 0 aliphatic rings. The Kier molecular flexibility index (Phi) is 6.81. The molecular weight excluding hydrogens is 320 g/mol. The van der Waals surface area contributed by atoms with Crippen LogP contribution in [0.1, 0.15) is 27.7 Å². The summed E-state index contributed by atoms with van der Waals surface area (Å²) in [5.74, 6) is 1.18. The van der Waals surface area contributed by atoms with E-state index in [0.717, 1.165) is 6.54 Å². The van der Waals surface area contributed by atoms with Gasteiger partial charge in [-0.25, -0.2) is 9.97 Å². The molecule has 9 heteroatoms. The molecule has 0 aliphatic carbocycles. The van der Waals surface area contributed by atoms with Crippen LogP contribution in [-0.2, 0) is 0 Å². The van der Waals surface area contributed by atoms with Crippen LogP contribution in [0.4, 0.5) is 17.8 Å². The molecule has 2 heterocycles. The first-order valence-corrected chi connectivity index (χ1v) is 8.33. The van der Waals surface area contributed by atoms with Gasteiger partial charge in [-0.3, -0.25) is 10.2 Å². The molecule has 0 radical (unpaired) electrons. The first-order valence-electron chi connectivity index (χ1n) is 8.33. The zero-order valence-corrected chi connectivity index (χ0v) is 15.4. The number of ether oxygens (including phenoxy) is 1. The normalized spacial score (nSPS) is 11.2. The van der Waals surface area contributed by atoms with Crippen molar-refractivity contribution in [3.05, 3.63) is 18.5 Å². The van der Waals surface area contributed by atoms with E-state index in [2.05, 4.69) is 68.1 Å². The highest BCUT2D eigenvalue weighted by molar-refractivity contribution is 5.45. The van der Waals surface area contributed by atoms with Gasteiger partial charge in [-0.05, 0) is 33.8 Å². The predicted octanol–water partition coefficient (Wildman–Crippen LogP) is 1.94. The molecule has 2 aromatic rings. The second-order valence-electron chi connectivity index (χ2n) is 6.02. The third-order valence-electron chi connectivity index (χ3n) is 3.57. The predicted molar refractivity (Wildman–Crippen MR) is 97.2 cm³/mol. The van der Waals surface area contributed by atoms with Crippen LogP contribution in [-0.4, -0.2) is 62.1 Å². The van der Waals surface area contributed by atoms with Crippen LogP contribution >= 0.6 is 0 Å². The molecule has 0 aromatic carbocycles. The van der Waals surface area contributed by atoms with Crippen molar-refractivity contribution >= 4 is 17.8 Å². The standard InChI is InChI=1S/C16H26N8O/c1-11(2)24(12(3)4)10-9-19-14-21-15(23-16(22-14)25-5)20-13-17-7-6-8-18-13/h6-8,11-12H,9-10H2,1-5H3,(H2,17,18,19,20,21,22,23). The van der Waals surface area contributed by atoms with Crippen molar-refractivity contribution in [1.82, 2.24) is 29.8 Å². The minimum absolute atomic E-state index is 0.223. The van der Waals surface area contributed by atoms with Crippen LogP contribution in [0.2, 0.25) is 0 Å². The van der Waals surface area contributed by atoms with Crippen LogP contribution < -0.4 is 15.4 Å². The summed E-state index contributed by atoms with van der Waals surface area (Å²) in [5, 5.41) is 6.16. The molecule has 0 aliphatic heterocycles. The van der Waals surface area contributed by atoms with Crippen molar-refractivity contribution in [2.45, 2.75) is 39.8 Å². The van der Waals surface area contributed by atoms with Crippen LogP contribution in [0.3, 0.4) is 0 Å². The molecule has 2 N–H and O–H groups in total. The maximum Gasteiger partial charge on any atom is 0.322 e. The Morgan fingerprint density at radius 1 is 0.960 bits per heavy atom. The van der Waals surface area contributed by atoms with Gasteiger partial charge in [0.05, 0.1) is 7.11 Å². The summed E-state index contributed by atoms with van der Waals surface area (Å²) in [5.41, 5.74) is 0. The Balaban J connectivity index is 2.03. The Hall–Kier alpha value is -2.55. The van der Waals surface area contributed by atoms with Crippen molar-refractivity contribution in [1.29, 1.82) is 0 Å². The Morgan fingerprint density at radius 2 is 1.60 bits per heavy atom. The number of methoxy groups -OCH3 is 1. The van der Waals surface area contributed by atoms with Gasteiger partial charge in [0, 0.05) is 37.6 Å². The van der Waals surface area contributed by atoms with E-state index in [9.17, 15) is 0 Å². The molecule has 25 heavy (non-hydrogen) atoms. The van der Waals surface area contributed by atoms with Gasteiger partial charge in [0.25, 0.3) is 0 Å². The number of hydrogen-bond donors (Lipinski definition) is 2. The van der Waals surface area contributed by atoms with E-state index < -0.39 is 0 Å². The quantitative estimate of drug-likeness (QED) is 0.705. The molecule has 0 fully saturated rings. The molecule has 0 saturated heterocycles. The van der Waals surface area contributed by atoms with Crippen molar-refractivity contribution in [3.8, 4) is 6.01 Å². The second-order valence-corrected chi connectivity index (χ2v) is 6.02. The Bertz CT molecular complexity index is 642. The molecule has 0 unspecified atom stereocenters. The van der Waals surface area contributed by atoms with Gasteiger partial charge in [0.15, 0.2) is 0 Å². The fraction of sp³-hybridized carbons (Fsp3) is 0.562. The largest absolute Gasteiger partial charge is 0.467 e. The summed E-state index contributed by atoms with van der Waals surface area (Å²) in [6.07, 6.45) is 3.28. The van der Waals surface area contributed by atoms with E-state index in [1.807, 2.05) is 0 Å². The average Bonchev–Trinajstić information content (AvgIpc) is 2.58. The summed E-state index contributed by atoms with van der Waals surface area (Å²) < 4.78 is 5.14. The topological polar surface area (TPSA) is 101 Å². The lowest BCUT2D eigenvalue weighted by atomic mass is 10.2. The summed E-state index contributed by atoms with van der Waals surface area (Å²) in [4.78, 5) is 23.3. The van der Waals surface area contributed by atoms with Gasteiger partial charge in [0.1, 0.15) is 0 Å². The second kappa shape index (κ2) is 9.07. The van der Waals surface area contributed by atoms with Crippen molar-refractivity contribution in [2.75, 3.05) is 30.8 Å². The van der Waals surface area contributed by atoms with E-state index in [1.54, 1.807) is 18.5 Å². The maximum atomic E-state index is 5.14. The summed E-state index contributed by atoms with van der Waals surface area (Å²) >= 11 is 0. The minimum Gasteiger partial charge on any atom is -0.467 e. The highest BCUT2D eigenvalue weighted by atomic mass is 16.5. The molecule has 2 rings (SSSR count). The van der Waals surface area contributed by atoms with Crippen LogP contribution in [0.5, 0.6) is 6.01 Å². The highest BCUT2D eigenvalue weighted by Gasteiger charge is 2.13. The molecule has 0 amide bonds. The fourth-order valence-corrected chi connectivity index (χ4v) is 2.46. The Labute approximate surface area is 148 Å². The lowest BCUT2D eigenvalue weighted by molar-refractivity contribution is 0.182. The number of aromatic nitrogens is 5. The van der Waals surface area contributed by atoms with E-state index in [4.69, 9.17) is 4.74 Å². The van der Waals surface area contributed by atoms with E-state index in [1.165, 1.54) is 7.11 Å². The first-order chi connectivity index (χ1) is 12.0. The van der Waals surface area contributed by atoms with Gasteiger partial charge in [-0.1, -0.05) is 0 Å². The summed E-state index contributed by atoms with van der Waals surface area (Å²) in [7, 11) is 1.52. The smallest absolute Gasteiger partial charge is 0.322 e. The number of anilines is 3. The van der Waals surface area contributed by atoms with Crippen molar-refractivity contribution < 1.29 is 4.74 Å². The zero-order valence-electron chi connectivity index (χ0n) is 15.4.